The van der Waals surface area contributed by atoms with E-state index in [1.807, 2.05) is 6.07 Å². The van der Waals surface area contributed by atoms with E-state index in [-0.39, 0.29) is 17.4 Å². The van der Waals surface area contributed by atoms with Crippen molar-refractivity contribution in [3.05, 3.63) is 78.3 Å². The van der Waals surface area contributed by atoms with Crippen molar-refractivity contribution in [1.29, 1.82) is 0 Å². The number of aromatic nitrogens is 3. The topological polar surface area (TPSA) is 79.8 Å². The van der Waals surface area contributed by atoms with E-state index < -0.39 is 0 Å². The van der Waals surface area contributed by atoms with E-state index in [1.54, 1.807) is 30.6 Å². The number of hydrogen-bond acceptors (Lipinski definition) is 5. The molecule has 120 valence electrons. The van der Waals surface area contributed by atoms with E-state index in [0.717, 1.165) is 5.56 Å². The lowest BCUT2D eigenvalue weighted by Crippen LogP contribution is -2.24. The first-order chi connectivity index (χ1) is 11.7. The molecule has 0 aliphatic heterocycles. The Labute approximate surface area is 137 Å². The fourth-order valence-electron chi connectivity index (χ4n) is 1.97. The summed E-state index contributed by atoms with van der Waals surface area (Å²) in [5, 5.41) is 5.72. The van der Waals surface area contributed by atoms with E-state index in [9.17, 15) is 9.18 Å². The Morgan fingerprint density at radius 3 is 2.54 bits per heavy atom. The molecule has 7 heteroatoms. The number of hydrogen-bond donors (Lipinski definition) is 2. The summed E-state index contributed by atoms with van der Waals surface area (Å²) in [4.78, 5) is 24.2. The molecule has 0 saturated carbocycles. The highest BCUT2D eigenvalue weighted by atomic mass is 19.1. The number of benzene rings is 1. The van der Waals surface area contributed by atoms with Crippen LogP contribution in [0, 0.1) is 5.82 Å². The molecular weight excluding hydrogens is 309 g/mol. The van der Waals surface area contributed by atoms with Crippen molar-refractivity contribution in [2.45, 2.75) is 6.54 Å². The lowest BCUT2D eigenvalue weighted by molar-refractivity contribution is 0.0945. The maximum atomic E-state index is 12.9. The van der Waals surface area contributed by atoms with E-state index in [1.165, 1.54) is 24.5 Å². The zero-order valence-electron chi connectivity index (χ0n) is 12.6. The molecule has 2 aromatic heterocycles. The molecule has 0 aliphatic rings. The standard InChI is InChI=1S/C17H14FN5O/c18-13-3-5-14(6-4-13)23-16-11-20-15(10-21-16)17(24)22-9-12-2-1-7-19-8-12/h1-8,10-11H,9H2,(H,21,23)(H,22,24). The number of nitrogens with one attached hydrogen (secondary N) is 2. The number of pyridine rings is 1. The van der Waals surface area contributed by atoms with Crippen LogP contribution in [0.4, 0.5) is 15.9 Å². The second kappa shape index (κ2) is 7.28. The molecule has 0 unspecified atom stereocenters. The van der Waals surface area contributed by atoms with Gasteiger partial charge < -0.3 is 10.6 Å². The fraction of sp³-hybridized carbons (Fsp3) is 0.0588. The highest BCUT2D eigenvalue weighted by Gasteiger charge is 2.08. The molecule has 0 radical (unpaired) electrons. The smallest absolute Gasteiger partial charge is 0.271 e. The molecule has 0 saturated heterocycles. The first kappa shape index (κ1) is 15.5. The minimum Gasteiger partial charge on any atom is -0.347 e. The van der Waals surface area contributed by atoms with Crippen molar-refractivity contribution >= 4 is 17.4 Å². The first-order valence-corrected chi connectivity index (χ1v) is 7.22. The van der Waals surface area contributed by atoms with Crippen LogP contribution in [-0.2, 0) is 6.54 Å². The zero-order valence-corrected chi connectivity index (χ0v) is 12.6. The van der Waals surface area contributed by atoms with Crippen LogP contribution in [0.5, 0.6) is 0 Å². The number of carbonyl (C=O) groups is 1. The van der Waals surface area contributed by atoms with Gasteiger partial charge >= 0.3 is 0 Å². The molecule has 2 heterocycles. The maximum absolute atomic E-state index is 12.9. The van der Waals surface area contributed by atoms with Gasteiger partial charge in [0, 0.05) is 24.6 Å². The van der Waals surface area contributed by atoms with Gasteiger partial charge in [-0.25, -0.2) is 14.4 Å². The predicted octanol–water partition coefficient (Wildman–Crippen LogP) is 2.68. The zero-order chi connectivity index (χ0) is 16.8. The Morgan fingerprint density at radius 2 is 1.88 bits per heavy atom. The number of nitrogens with zero attached hydrogens (tertiary/aromatic N) is 3. The summed E-state index contributed by atoms with van der Waals surface area (Å²) in [6, 6.07) is 9.54. The Morgan fingerprint density at radius 1 is 1.04 bits per heavy atom. The summed E-state index contributed by atoms with van der Waals surface area (Å²) in [7, 11) is 0. The quantitative estimate of drug-likeness (QED) is 0.754. The average molecular weight is 323 g/mol. The van der Waals surface area contributed by atoms with Crippen LogP contribution in [0.1, 0.15) is 16.1 Å². The van der Waals surface area contributed by atoms with Crippen LogP contribution in [0.2, 0.25) is 0 Å². The number of halogens is 1. The third kappa shape index (κ3) is 4.10. The maximum Gasteiger partial charge on any atom is 0.271 e. The van der Waals surface area contributed by atoms with Crippen molar-refractivity contribution in [2.75, 3.05) is 5.32 Å². The number of carbonyl (C=O) groups excluding carboxylic acids is 1. The van der Waals surface area contributed by atoms with Gasteiger partial charge in [0.25, 0.3) is 5.91 Å². The summed E-state index contributed by atoms with van der Waals surface area (Å²) in [5.74, 6) is -0.169. The van der Waals surface area contributed by atoms with Gasteiger partial charge in [-0.2, -0.15) is 0 Å². The van der Waals surface area contributed by atoms with Gasteiger partial charge in [0.05, 0.1) is 12.4 Å². The van der Waals surface area contributed by atoms with Gasteiger partial charge in [-0.15, -0.1) is 0 Å². The average Bonchev–Trinajstić information content (AvgIpc) is 2.63. The van der Waals surface area contributed by atoms with Crippen LogP contribution in [-0.4, -0.2) is 20.9 Å². The fourth-order valence-corrected chi connectivity index (χ4v) is 1.97. The van der Waals surface area contributed by atoms with E-state index in [2.05, 4.69) is 25.6 Å². The summed E-state index contributed by atoms with van der Waals surface area (Å²) < 4.78 is 12.9. The highest BCUT2D eigenvalue weighted by Crippen LogP contribution is 2.14. The number of anilines is 2. The summed E-state index contributed by atoms with van der Waals surface area (Å²) in [5.41, 5.74) is 1.79. The van der Waals surface area contributed by atoms with Crippen LogP contribution >= 0.6 is 0 Å². The van der Waals surface area contributed by atoms with Gasteiger partial charge in [-0.1, -0.05) is 6.07 Å². The van der Waals surface area contributed by atoms with Crippen LogP contribution in [0.15, 0.2) is 61.2 Å². The molecule has 6 nitrogen and oxygen atoms in total. The van der Waals surface area contributed by atoms with Gasteiger partial charge in [0.15, 0.2) is 0 Å². The van der Waals surface area contributed by atoms with Crippen molar-refractivity contribution < 1.29 is 9.18 Å². The lowest BCUT2D eigenvalue weighted by atomic mass is 10.3. The predicted molar refractivity (Wildman–Crippen MR) is 87.1 cm³/mol. The first-order valence-electron chi connectivity index (χ1n) is 7.22. The molecule has 2 N–H and O–H groups in total. The SMILES string of the molecule is O=C(NCc1cccnc1)c1cnc(Nc2ccc(F)cc2)cn1. The Kier molecular flexibility index (Phi) is 4.71. The minimum absolute atomic E-state index is 0.212. The second-order valence-electron chi connectivity index (χ2n) is 4.96. The minimum atomic E-state index is -0.320. The van der Waals surface area contributed by atoms with Crippen molar-refractivity contribution in [3.8, 4) is 0 Å². The Bertz CT molecular complexity index is 807. The summed E-state index contributed by atoms with van der Waals surface area (Å²) in [6.45, 7) is 0.365. The van der Waals surface area contributed by atoms with Crippen molar-refractivity contribution in [2.24, 2.45) is 0 Å². The molecule has 0 atom stereocenters. The third-order valence-corrected chi connectivity index (χ3v) is 3.18. The van der Waals surface area contributed by atoms with Crippen molar-refractivity contribution in [1.82, 2.24) is 20.3 Å². The molecule has 24 heavy (non-hydrogen) atoms. The van der Waals surface area contributed by atoms with Crippen molar-refractivity contribution in [3.63, 3.8) is 0 Å². The van der Waals surface area contributed by atoms with Gasteiger partial charge in [0.2, 0.25) is 0 Å². The molecule has 1 amide bonds. The summed E-state index contributed by atoms with van der Waals surface area (Å²) >= 11 is 0. The normalized spacial score (nSPS) is 10.2. The van der Waals surface area contributed by atoms with E-state index in [0.29, 0.717) is 18.1 Å². The molecule has 0 aliphatic carbocycles. The highest BCUT2D eigenvalue weighted by molar-refractivity contribution is 5.92. The largest absolute Gasteiger partial charge is 0.347 e. The van der Waals surface area contributed by atoms with Gasteiger partial charge in [-0.3, -0.25) is 9.78 Å². The molecule has 0 bridgehead atoms. The summed E-state index contributed by atoms with van der Waals surface area (Å²) in [6.07, 6.45) is 6.18. The monoisotopic (exact) mass is 323 g/mol. The van der Waals surface area contributed by atoms with Gasteiger partial charge in [-0.05, 0) is 35.9 Å². The van der Waals surface area contributed by atoms with E-state index in [4.69, 9.17) is 0 Å². The second-order valence-corrected chi connectivity index (χ2v) is 4.96. The van der Waals surface area contributed by atoms with Crippen LogP contribution in [0.3, 0.4) is 0 Å². The lowest BCUT2D eigenvalue weighted by Gasteiger charge is -2.07. The van der Waals surface area contributed by atoms with Gasteiger partial charge in [0.1, 0.15) is 17.3 Å². The molecule has 3 rings (SSSR count). The van der Waals surface area contributed by atoms with E-state index >= 15 is 0 Å². The molecule has 3 aromatic rings. The van der Waals surface area contributed by atoms with Crippen LogP contribution in [0.25, 0.3) is 0 Å². The number of rotatable bonds is 5. The Hall–Kier alpha value is -3.35. The molecular formula is C17H14FN5O. The van der Waals surface area contributed by atoms with Crippen LogP contribution < -0.4 is 10.6 Å². The molecule has 0 spiro atoms. The third-order valence-electron chi connectivity index (χ3n) is 3.18. The Balaban J connectivity index is 1.59. The molecule has 0 fully saturated rings. The number of amides is 1. The molecule has 1 aromatic carbocycles.